The van der Waals surface area contributed by atoms with E-state index in [-0.39, 0.29) is 12.0 Å². The van der Waals surface area contributed by atoms with Crippen LogP contribution in [0.25, 0.3) is 0 Å². The summed E-state index contributed by atoms with van der Waals surface area (Å²) in [5.74, 6) is -0.724. The van der Waals surface area contributed by atoms with E-state index in [2.05, 4.69) is 12.1 Å². The molecule has 1 atom stereocenters. The van der Waals surface area contributed by atoms with Crippen LogP contribution >= 0.6 is 0 Å². The molecule has 1 aromatic rings. The van der Waals surface area contributed by atoms with Gasteiger partial charge in [0, 0.05) is 6.42 Å². The summed E-state index contributed by atoms with van der Waals surface area (Å²) in [6.45, 7) is 2.17. The van der Waals surface area contributed by atoms with Gasteiger partial charge >= 0.3 is 5.97 Å². The third kappa shape index (κ3) is 5.21. The van der Waals surface area contributed by atoms with Gasteiger partial charge in [0.2, 0.25) is 0 Å². The molecule has 0 radical (unpaired) electrons. The number of aromatic amines is 1. The predicted molar refractivity (Wildman–Crippen MR) is 75.7 cm³/mol. The van der Waals surface area contributed by atoms with E-state index in [9.17, 15) is 9.59 Å². The van der Waals surface area contributed by atoms with Crippen molar-refractivity contribution in [1.82, 2.24) is 5.16 Å². The Morgan fingerprint density at radius 3 is 2.60 bits per heavy atom. The molecule has 0 fully saturated rings. The molecule has 0 aliphatic heterocycles. The van der Waals surface area contributed by atoms with Gasteiger partial charge in [0.1, 0.15) is 11.8 Å². The Labute approximate surface area is 118 Å². The largest absolute Gasteiger partial charge is 0.480 e. The van der Waals surface area contributed by atoms with Crippen molar-refractivity contribution >= 4 is 5.97 Å². The Hall–Kier alpha value is -1.56. The molecule has 114 valence electrons. The highest BCUT2D eigenvalue weighted by atomic mass is 16.5. The van der Waals surface area contributed by atoms with E-state index in [1.165, 1.54) is 19.3 Å². The van der Waals surface area contributed by atoms with Crippen molar-refractivity contribution in [3.8, 4) is 0 Å². The predicted octanol–water partition coefficient (Wildman–Crippen LogP) is 1.83. The molecule has 1 heterocycles. The first-order valence-corrected chi connectivity index (χ1v) is 7.23. The van der Waals surface area contributed by atoms with Crippen LogP contribution in [0.15, 0.2) is 9.32 Å². The first-order chi connectivity index (χ1) is 9.56. The maximum absolute atomic E-state index is 11.6. The first kappa shape index (κ1) is 16.5. The molecule has 20 heavy (non-hydrogen) atoms. The van der Waals surface area contributed by atoms with Gasteiger partial charge in [-0.15, -0.1) is 0 Å². The van der Waals surface area contributed by atoms with Gasteiger partial charge in [-0.05, 0) is 12.8 Å². The number of carboxylic acid groups (broad SMARTS) is 1. The highest BCUT2D eigenvalue weighted by molar-refractivity contribution is 5.73. The number of H-pyrrole nitrogens is 1. The number of rotatable bonds is 10. The minimum absolute atomic E-state index is 0.0409. The fourth-order valence-corrected chi connectivity index (χ4v) is 2.14. The second-order valence-electron chi connectivity index (χ2n) is 5.10. The molecule has 0 saturated heterocycles. The van der Waals surface area contributed by atoms with E-state index in [0.29, 0.717) is 17.7 Å². The normalized spacial score (nSPS) is 12.5. The van der Waals surface area contributed by atoms with Crippen LogP contribution in [0, 0.1) is 0 Å². The summed E-state index contributed by atoms with van der Waals surface area (Å²) in [7, 11) is 0. The minimum Gasteiger partial charge on any atom is -0.480 e. The highest BCUT2D eigenvalue weighted by Gasteiger charge is 2.19. The van der Waals surface area contributed by atoms with Gasteiger partial charge in [0.15, 0.2) is 0 Å². The Morgan fingerprint density at radius 1 is 1.30 bits per heavy atom. The molecular weight excluding hydrogens is 260 g/mol. The van der Waals surface area contributed by atoms with Crippen LogP contribution in [0.3, 0.4) is 0 Å². The third-order valence-electron chi connectivity index (χ3n) is 3.38. The third-order valence-corrected chi connectivity index (χ3v) is 3.38. The van der Waals surface area contributed by atoms with Crippen LogP contribution in [-0.4, -0.2) is 22.3 Å². The summed E-state index contributed by atoms with van der Waals surface area (Å²) in [6, 6.07) is -1.04. The molecule has 0 amide bonds. The number of unbranched alkanes of at least 4 members (excludes halogenated alkanes) is 5. The fourth-order valence-electron chi connectivity index (χ4n) is 2.14. The second kappa shape index (κ2) is 8.58. The van der Waals surface area contributed by atoms with Gasteiger partial charge in [-0.1, -0.05) is 39.0 Å². The molecule has 6 heteroatoms. The molecule has 6 nitrogen and oxygen atoms in total. The molecule has 1 rings (SSSR count). The van der Waals surface area contributed by atoms with E-state index < -0.39 is 12.0 Å². The molecule has 0 saturated carbocycles. The van der Waals surface area contributed by atoms with E-state index in [1.54, 1.807) is 0 Å². The van der Waals surface area contributed by atoms with Crippen molar-refractivity contribution in [3.63, 3.8) is 0 Å². The van der Waals surface area contributed by atoms with Gasteiger partial charge < -0.3 is 15.4 Å². The molecule has 0 aliphatic rings. The number of hydrogen-bond donors (Lipinski definition) is 3. The quantitative estimate of drug-likeness (QED) is 0.568. The van der Waals surface area contributed by atoms with Gasteiger partial charge in [-0.25, -0.2) is 0 Å². The molecular formula is C14H24N2O4. The van der Waals surface area contributed by atoms with Gasteiger partial charge in [-0.3, -0.25) is 9.59 Å². The van der Waals surface area contributed by atoms with Crippen molar-refractivity contribution in [2.45, 2.75) is 64.3 Å². The van der Waals surface area contributed by atoms with Gasteiger partial charge in [-0.2, -0.15) is 5.16 Å². The van der Waals surface area contributed by atoms with Crippen LogP contribution < -0.4 is 11.3 Å². The fraction of sp³-hybridized carbons (Fsp3) is 0.714. The molecule has 4 N–H and O–H groups in total. The molecule has 0 aromatic carbocycles. The lowest BCUT2D eigenvalue weighted by Gasteiger charge is -2.05. The lowest BCUT2D eigenvalue weighted by molar-refractivity contribution is -0.138. The average molecular weight is 284 g/mol. The van der Waals surface area contributed by atoms with Crippen LogP contribution in [0.5, 0.6) is 0 Å². The zero-order valence-corrected chi connectivity index (χ0v) is 12.0. The molecule has 0 spiro atoms. The smallest absolute Gasteiger partial charge is 0.320 e. The first-order valence-electron chi connectivity index (χ1n) is 7.23. The zero-order chi connectivity index (χ0) is 15.0. The van der Waals surface area contributed by atoms with Crippen LogP contribution in [-0.2, 0) is 17.6 Å². The summed E-state index contributed by atoms with van der Waals surface area (Å²) in [4.78, 5) is 22.3. The summed E-state index contributed by atoms with van der Waals surface area (Å²) >= 11 is 0. The number of nitrogens with one attached hydrogen (secondary N) is 1. The van der Waals surface area contributed by atoms with E-state index in [1.807, 2.05) is 0 Å². The highest BCUT2D eigenvalue weighted by Crippen LogP contribution is 2.12. The lowest BCUT2D eigenvalue weighted by atomic mass is 10.0. The van der Waals surface area contributed by atoms with Crippen molar-refractivity contribution in [2.24, 2.45) is 5.73 Å². The Kier molecular flexibility index (Phi) is 7.08. The Bertz CT molecular complexity index is 464. The van der Waals surface area contributed by atoms with Gasteiger partial charge in [0.05, 0.1) is 5.56 Å². The summed E-state index contributed by atoms with van der Waals surface area (Å²) in [5, 5.41) is 11.0. The van der Waals surface area contributed by atoms with Crippen molar-refractivity contribution < 1.29 is 14.4 Å². The standard InChI is InChI=1S/C14H24N2O4/c1-2-3-4-5-6-7-8-10-12(20-16-13(10)17)9-11(15)14(18)19/h11H,2-9,15H2,1H3,(H,16,17)(H,18,19). The summed E-state index contributed by atoms with van der Waals surface area (Å²) in [6.07, 6.45) is 7.45. The topological polar surface area (TPSA) is 109 Å². The van der Waals surface area contributed by atoms with E-state index in [0.717, 1.165) is 19.3 Å². The van der Waals surface area contributed by atoms with Crippen molar-refractivity contribution in [1.29, 1.82) is 0 Å². The number of carboxylic acids is 1. The molecule has 1 unspecified atom stereocenters. The lowest BCUT2D eigenvalue weighted by Crippen LogP contribution is -2.32. The summed E-state index contributed by atoms with van der Waals surface area (Å²) in [5.41, 5.74) is 5.73. The number of carbonyl (C=O) groups is 1. The monoisotopic (exact) mass is 284 g/mol. The van der Waals surface area contributed by atoms with E-state index >= 15 is 0 Å². The number of aromatic nitrogens is 1. The van der Waals surface area contributed by atoms with Crippen LogP contribution in [0.4, 0.5) is 0 Å². The van der Waals surface area contributed by atoms with Crippen molar-refractivity contribution in [2.75, 3.05) is 0 Å². The number of hydrogen-bond acceptors (Lipinski definition) is 4. The Balaban J connectivity index is 2.46. The van der Waals surface area contributed by atoms with Crippen LogP contribution in [0.1, 0.15) is 56.8 Å². The molecule has 1 aromatic heterocycles. The zero-order valence-electron chi connectivity index (χ0n) is 12.0. The number of nitrogens with two attached hydrogens (primary N) is 1. The summed E-state index contributed by atoms with van der Waals surface area (Å²) < 4.78 is 5.03. The minimum atomic E-state index is -1.10. The second-order valence-corrected chi connectivity index (χ2v) is 5.10. The van der Waals surface area contributed by atoms with Crippen LogP contribution in [0.2, 0.25) is 0 Å². The maximum atomic E-state index is 11.6. The average Bonchev–Trinajstić information content (AvgIpc) is 2.75. The SMILES string of the molecule is CCCCCCCCc1c(CC(N)C(=O)O)o[nH]c1=O. The van der Waals surface area contributed by atoms with E-state index in [4.69, 9.17) is 15.4 Å². The Morgan fingerprint density at radius 2 is 1.95 bits per heavy atom. The maximum Gasteiger partial charge on any atom is 0.320 e. The molecule has 0 bridgehead atoms. The molecule has 0 aliphatic carbocycles. The van der Waals surface area contributed by atoms with Crippen molar-refractivity contribution in [3.05, 3.63) is 21.7 Å². The number of aliphatic carboxylic acids is 1. The van der Waals surface area contributed by atoms with Gasteiger partial charge in [0.25, 0.3) is 5.56 Å².